The summed E-state index contributed by atoms with van der Waals surface area (Å²) >= 11 is 1.25. The molecule has 0 fully saturated rings. The summed E-state index contributed by atoms with van der Waals surface area (Å²) in [6.45, 7) is 6.35. The number of carbonyl (C=O) groups excluding carboxylic acids is 3. The highest BCUT2D eigenvalue weighted by molar-refractivity contribution is 8.04. The fourth-order valence-electron chi connectivity index (χ4n) is 3.72. The van der Waals surface area contributed by atoms with E-state index in [1.807, 2.05) is 69.3 Å². The molecule has 7 heteroatoms. The van der Waals surface area contributed by atoms with Gasteiger partial charge in [0.25, 0.3) is 11.8 Å². The van der Waals surface area contributed by atoms with Crippen LogP contribution in [0.4, 0.5) is 11.4 Å². The van der Waals surface area contributed by atoms with Gasteiger partial charge in [0, 0.05) is 10.6 Å². The summed E-state index contributed by atoms with van der Waals surface area (Å²) in [6.07, 6.45) is 1.73. The fraction of sp³-hybridized carbons (Fsp3) is 0.207. The number of ether oxygens (including phenoxy) is 1. The first kappa shape index (κ1) is 25.3. The van der Waals surface area contributed by atoms with Gasteiger partial charge in [-0.25, -0.2) is 9.69 Å². The van der Waals surface area contributed by atoms with E-state index in [2.05, 4.69) is 5.32 Å². The highest BCUT2D eigenvalue weighted by Crippen LogP contribution is 2.38. The number of carbonyl (C=O) groups is 3. The van der Waals surface area contributed by atoms with E-state index in [0.29, 0.717) is 22.8 Å². The molecular weight excluding hydrogens is 472 g/mol. The molecule has 0 spiro atoms. The van der Waals surface area contributed by atoms with E-state index >= 15 is 0 Å². The predicted molar refractivity (Wildman–Crippen MR) is 143 cm³/mol. The Balaban J connectivity index is 1.64. The van der Waals surface area contributed by atoms with Crippen LogP contribution >= 0.6 is 11.8 Å². The number of nitrogens with zero attached hydrogens (tertiary/aromatic N) is 1. The molecule has 4 rings (SSSR count). The van der Waals surface area contributed by atoms with E-state index in [4.69, 9.17) is 4.74 Å². The van der Waals surface area contributed by atoms with Crippen molar-refractivity contribution in [1.29, 1.82) is 0 Å². The summed E-state index contributed by atoms with van der Waals surface area (Å²) in [5.74, 6) is -1.29. The van der Waals surface area contributed by atoms with E-state index in [0.717, 1.165) is 39.5 Å². The van der Waals surface area contributed by atoms with Crippen molar-refractivity contribution in [2.45, 2.75) is 38.5 Å². The number of hydrogen-bond acceptors (Lipinski definition) is 6. The van der Waals surface area contributed by atoms with Crippen molar-refractivity contribution >= 4 is 40.9 Å². The first-order valence-electron chi connectivity index (χ1n) is 11.9. The minimum Gasteiger partial charge on any atom is -0.462 e. The molecular formula is C29H28N2O4S. The maximum atomic E-state index is 13.6. The van der Waals surface area contributed by atoms with Crippen LogP contribution in [0.1, 0.15) is 41.3 Å². The maximum Gasteiger partial charge on any atom is 0.338 e. The number of thioether (sulfide) groups is 1. The average molecular weight is 501 g/mol. The van der Waals surface area contributed by atoms with Crippen LogP contribution in [-0.4, -0.2) is 24.4 Å². The SMILES string of the molecule is CCCCOC(=O)c1ccc(N2C(=O)C(Nc3cccc(C)c3C)=C(Sc3ccccc3)C2=O)cc1. The van der Waals surface area contributed by atoms with Gasteiger partial charge in [-0.1, -0.05) is 55.4 Å². The molecule has 3 aromatic carbocycles. The summed E-state index contributed by atoms with van der Waals surface area (Å²) in [5, 5.41) is 3.23. The van der Waals surface area contributed by atoms with Crippen molar-refractivity contribution in [2.24, 2.45) is 0 Å². The lowest BCUT2D eigenvalue weighted by Gasteiger charge is -2.16. The van der Waals surface area contributed by atoms with Gasteiger partial charge in [0.2, 0.25) is 0 Å². The zero-order valence-electron chi connectivity index (χ0n) is 20.5. The maximum absolute atomic E-state index is 13.6. The van der Waals surface area contributed by atoms with E-state index < -0.39 is 17.8 Å². The van der Waals surface area contributed by atoms with Crippen LogP contribution in [0.5, 0.6) is 0 Å². The molecule has 2 amide bonds. The van der Waals surface area contributed by atoms with E-state index in [1.165, 1.54) is 11.8 Å². The monoisotopic (exact) mass is 500 g/mol. The lowest BCUT2D eigenvalue weighted by atomic mass is 10.1. The number of amides is 2. The van der Waals surface area contributed by atoms with Gasteiger partial charge in [0.05, 0.1) is 17.9 Å². The van der Waals surface area contributed by atoms with Crippen LogP contribution in [0.3, 0.4) is 0 Å². The second-order valence-corrected chi connectivity index (χ2v) is 9.56. The molecule has 184 valence electrons. The van der Waals surface area contributed by atoms with Crippen LogP contribution in [0.2, 0.25) is 0 Å². The van der Waals surface area contributed by atoms with Crippen molar-refractivity contribution in [3.05, 3.63) is 100 Å². The molecule has 0 saturated carbocycles. The Morgan fingerprint density at radius 1 is 0.917 bits per heavy atom. The van der Waals surface area contributed by atoms with E-state index in [-0.39, 0.29) is 5.70 Å². The van der Waals surface area contributed by atoms with Gasteiger partial charge in [-0.15, -0.1) is 0 Å². The van der Waals surface area contributed by atoms with Crippen molar-refractivity contribution in [3.8, 4) is 0 Å². The average Bonchev–Trinajstić information content (AvgIpc) is 3.11. The van der Waals surface area contributed by atoms with Gasteiger partial charge < -0.3 is 10.1 Å². The van der Waals surface area contributed by atoms with Crippen LogP contribution < -0.4 is 10.2 Å². The topological polar surface area (TPSA) is 75.7 Å². The number of anilines is 2. The second kappa shape index (κ2) is 11.3. The molecule has 0 aromatic heterocycles. The number of rotatable bonds is 9. The van der Waals surface area contributed by atoms with Crippen molar-refractivity contribution in [3.63, 3.8) is 0 Å². The quantitative estimate of drug-likeness (QED) is 0.213. The molecule has 0 aliphatic carbocycles. The summed E-state index contributed by atoms with van der Waals surface area (Å²) in [4.78, 5) is 41.7. The summed E-state index contributed by atoms with van der Waals surface area (Å²) in [5.41, 5.74) is 3.83. The molecule has 0 atom stereocenters. The number of esters is 1. The third-order valence-corrected chi connectivity index (χ3v) is 7.05. The molecule has 1 heterocycles. The number of aryl methyl sites for hydroxylation is 1. The number of unbranched alkanes of at least 4 members (excludes halogenated alkanes) is 1. The predicted octanol–water partition coefficient (Wildman–Crippen LogP) is 6.25. The minimum absolute atomic E-state index is 0.227. The second-order valence-electron chi connectivity index (χ2n) is 8.47. The minimum atomic E-state index is -0.447. The lowest BCUT2D eigenvalue weighted by molar-refractivity contribution is -0.120. The lowest BCUT2D eigenvalue weighted by Crippen LogP contribution is -2.32. The molecule has 0 saturated heterocycles. The van der Waals surface area contributed by atoms with Crippen molar-refractivity contribution < 1.29 is 19.1 Å². The molecule has 0 radical (unpaired) electrons. The number of benzene rings is 3. The van der Waals surface area contributed by atoms with Gasteiger partial charge >= 0.3 is 5.97 Å². The molecule has 3 aromatic rings. The van der Waals surface area contributed by atoms with Crippen LogP contribution in [0.15, 0.2) is 88.3 Å². The molecule has 0 unspecified atom stereocenters. The Labute approximate surface area is 215 Å². The molecule has 0 bridgehead atoms. The molecule has 1 aliphatic heterocycles. The zero-order valence-corrected chi connectivity index (χ0v) is 21.4. The van der Waals surface area contributed by atoms with Gasteiger partial charge in [0.1, 0.15) is 10.6 Å². The Hall–Kier alpha value is -3.84. The standard InChI is InChI=1S/C29H28N2O4S/c1-4-5-18-35-29(34)21-14-16-22(17-15-21)31-27(32)25(30-24-13-9-10-19(2)20(24)3)26(28(31)33)36-23-11-7-6-8-12-23/h6-17,30H,4-5,18H2,1-3H3. The molecule has 36 heavy (non-hydrogen) atoms. The third kappa shape index (κ3) is 5.36. The summed E-state index contributed by atoms with van der Waals surface area (Å²) in [7, 11) is 0. The van der Waals surface area contributed by atoms with Gasteiger partial charge in [-0.3, -0.25) is 9.59 Å². The van der Waals surface area contributed by atoms with Gasteiger partial charge in [0.15, 0.2) is 0 Å². The normalized spacial score (nSPS) is 13.4. The van der Waals surface area contributed by atoms with Gasteiger partial charge in [-0.05, 0) is 73.9 Å². The number of hydrogen-bond donors (Lipinski definition) is 1. The smallest absolute Gasteiger partial charge is 0.338 e. The van der Waals surface area contributed by atoms with Crippen LogP contribution in [0, 0.1) is 13.8 Å². The molecule has 6 nitrogen and oxygen atoms in total. The summed E-state index contributed by atoms with van der Waals surface area (Å²) < 4.78 is 5.26. The van der Waals surface area contributed by atoms with E-state index in [9.17, 15) is 14.4 Å². The Morgan fingerprint density at radius 3 is 2.33 bits per heavy atom. The zero-order chi connectivity index (χ0) is 25.7. The highest BCUT2D eigenvalue weighted by atomic mass is 32.2. The Kier molecular flexibility index (Phi) is 7.90. The fourth-order valence-corrected chi connectivity index (χ4v) is 4.66. The Bertz CT molecular complexity index is 1320. The first-order valence-corrected chi connectivity index (χ1v) is 12.7. The third-order valence-electron chi connectivity index (χ3n) is 5.96. The number of imide groups is 1. The molecule has 1 N–H and O–H groups in total. The Morgan fingerprint density at radius 2 is 1.64 bits per heavy atom. The van der Waals surface area contributed by atoms with Crippen LogP contribution in [-0.2, 0) is 14.3 Å². The number of nitrogens with one attached hydrogen (secondary N) is 1. The first-order chi connectivity index (χ1) is 17.4. The largest absolute Gasteiger partial charge is 0.462 e. The van der Waals surface area contributed by atoms with E-state index in [1.54, 1.807) is 24.3 Å². The van der Waals surface area contributed by atoms with Crippen molar-refractivity contribution in [1.82, 2.24) is 0 Å². The van der Waals surface area contributed by atoms with Gasteiger partial charge in [-0.2, -0.15) is 0 Å². The highest BCUT2D eigenvalue weighted by Gasteiger charge is 2.40. The molecule has 1 aliphatic rings. The van der Waals surface area contributed by atoms with Crippen molar-refractivity contribution in [2.75, 3.05) is 16.8 Å². The summed E-state index contributed by atoms with van der Waals surface area (Å²) in [6, 6.07) is 21.6. The van der Waals surface area contributed by atoms with Crippen LogP contribution in [0.25, 0.3) is 0 Å².